The van der Waals surface area contributed by atoms with Crippen molar-refractivity contribution >= 4 is 21.6 Å². The molecule has 1 spiro atoms. The molecule has 3 aliphatic rings. The zero-order valence-corrected chi connectivity index (χ0v) is 19.1. The fourth-order valence-electron chi connectivity index (χ4n) is 5.27. The molecule has 0 bridgehead atoms. The Bertz CT molecular complexity index is 840. The highest BCUT2D eigenvalue weighted by atomic mass is 31.3. The number of carboxylic acid groups (broad SMARTS) is 1. The summed E-state index contributed by atoms with van der Waals surface area (Å²) in [7, 11) is -7.08. The third kappa shape index (κ3) is 4.46. The van der Waals surface area contributed by atoms with E-state index in [-0.39, 0.29) is 6.54 Å². The third-order valence-corrected chi connectivity index (χ3v) is 8.73. The van der Waals surface area contributed by atoms with Crippen molar-refractivity contribution in [3.8, 4) is 0 Å². The Morgan fingerprint density at radius 2 is 2.00 bits per heavy atom. The minimum atomic E-state index is -5.32. The lowest BCUT2D eigenvalue weighted by atomic mass is 9.75. The fourth-order valence-corrected chi connectivity index (χ4v) is 7.08. The van der Waals surface area contributed by atoms with Gasteiger partial charge in [-0.15, -0.1) is 0 Å². The summed E-state index contributed by atoms with van der Waals surface area (Å²) in [6, 6.07) is 0. The van der Waals surface area contributed by atoms with Crippen LogP contribution in [0.15, 0.2) is 11.6 Å². The lowest BCUT2D eigenvalue weighted by Gasteiger charge is -2.37. The van der Waals surface area contributed by atoms with Crippen LogP contribution in [-0.4, -0.2) is 68.6 Å². The van der Waals surface area contributed by atoms with Gasteiger partial charge in [0.1, 0.15) is 5.60 Å². The predicted molar refractivity (Wildman–Crippen MR) is 104 cm³/mol. The van der Waals surface area contributed by atoms with Crippen molar-refractivity contribution < 1.29 is 47.3 Å². The number of rotatable bonds is 8. The topological polar surface area (TPSA) is 166 Å². The molecule has 13 heteroatoms. The maximum atomic E-state index is 12.5. The molecule has 0 amide bonds. The SMILES string of the molecule is CC1=CC[C@]23O[C@@]2(C)CC[C@@H](C(CN(C)C)C(=O)O)[C@H](OP(=O)(O)OP(=O)(O)O)[C@@H]13. The minimum Gasteiger partial charge on any atom is -0.481 e. The first-order valence-corrected chi connectivity index (χ1v) is 12.7. The van der Waals surface area contributed by atoms with E-state index in [1.165, 1.54) is 0 Å². The quantitative estimate of drug-likeness (QED) is 0.232. The number of phosphoric acid groups is 2. The number of ether oxygens (including phenoxy) is 1. The Hall–Kier alpha value is -0.610. The molecule has 2 aliphatic carbocycles. The number of nitrogens with zero attached hydrogens (tertiary/aromatic N) is 1. The molecule has 1 aliphatic heterocycles. The molecule has 2 unspecified atom stereocenters. The minimum absolute atomic E-state index is 0.162. The van der Waals surface area contributed by atoms with E-state index in [0.29, 0.717) is 19.3 Å². The van der Waals surface area contributed by atoms with Gasteiger partial charge in [-0.2, -0.15) is 4.31 Å². The van der Waals surface area contributed by atoms with Crippen molar-refractivity contribution in [2.75, 3.05) is 20.6 Å². The van der Waals surface area contributed by atoms with Gasteiger partial charge in [0, 0.05) is 18.4 Å². The Morgan fingerprint density at radius 1 is 1.37 bits per heavy atom. The molecular formula is C17H29NO10P2. The van der Waals surface area contributed by atoms with Crippen LogP contribution in [0.5, 0.6) is 0 Å². The number of hydrogen-bond donors (Lipinski definition) is 4. The largest absolute Gasteiger partial charge is 0.481 e. The number of carbonyl (C=O) groups is 1. The summed E-state index contributed by atoms with van der Waals surface area (Å²) in [5, 5.41) is 9.90. The van der Waals surface area contributed by atoms with Crippen molar-refractivity contribution in [2.24, 2.45) is 17.8 Å². The van der Waals surface area contributed by atoms with Gasteiger partial charge in [-0.3, -0.25) is 9.32 Å². The van der Waals surface area contributed by atoms with Crippen LogP contribution in [0.1, 0.15) is 33.1 Å². The molecule has 3 rings (SSSR count). The first kappa shape index (κ1) is 24.0. The average Bonchev–Trinajstić information content (AvgIpc) is 3.01. The van der Waals surface area contributed by atoms with E-state index in [0.717, 1.165) is 5.57 Å². The van der Waals surface area contributed by atoms with Crippen LogP contribution < -0.4 is 0 Å². The van der Waals surface area contributed by atoms with E-state index in [2.05, 4.69) is 4.31 Å². The van der Waals surface area contributed by atoms with Crippen LogP contribution in [-0.2, 0) is 27.5 Å². The maximum Gasteiger partial charge on any atom is 0.481 e. The number of hydrogen-bond acceptors (Lipinski definition) is 7. The van der Waals surface area contributed by atoms with Gasteiger partial charge >= 0.3 is 21.6 Å². The van der Waals surface area contributed by atoms with Crippen LogP contribution in [0.25, 0.3) is 0 Å². The summed E-state index contributed by atoms with van der Waals surface area (Å²) in [5.41, 5.74) is -0.409. The molecule has 30 heavy (non-hydrogen) atoms. The molecule has 7 atom stereocenters. The second kappa shape index (κ2) is 7.76. The van der Waals surface area contributed by atoms with Gasteiger partial charge in [0.05, 0.1) is 17.6 Å². The van der Waals surface area contributed by atoms with Crippen LogP contribution in [0, 0.1) is 17.8 Å². The van der Waals surface area contributed by atoms with Crippen LogP contribution >= 0.6 is 15.6 Å². The van der Waals surface area contributed by atoms with Crippen molar-refractivity contribution in [3.05, 3.63) is 11.6 Å². The highest BCUT2D eigenvalue weighted by Crippen LogP contribution is 2.68. The van der Waals surface area contributed by atoms with E-state index >= 15 is 0 Å². The molecule has 172 valence electrons. The van der Waals surface area contributed by atoms with Crippen LogP contribution in [0.4, 0.5) is 0 Å². The standard InChI is InChI=1S/C17H29NO10P2/c1-10-5-8-17-13(10)14(26-30(24,25)28-29(21,22)23)11(6-7-16(17,2)27-17)12(15(19)20)9-18(3)4/h5,11-14H,6-9H2,1-4H3,(H,19,20)(H,24,25)(H2,21,22,23)/t11-,12?,13+,14-,16-,17+/m0/s1. The van der Waals surface area contributed by atoms with Gasteiger partial charge in [-0.1, -0.05) is 11.6 Å². The predicted octanol–water partition coefficient (Wildman–Crippen LogP) is 1.75. The zero-order chi connectivity index (χ0) is 22.7. The lowest BCUT2D eigenvalue weighted by molar-refractivity contribution is -0.147. The van der Waals surface area contributed by atoms with Crippen molar-refractivity contribution in [1.29, 1.82) is 0 Å². The van der Waals surface area contributed by atoms with Gasteiger partial charge < -0.3 is 29.4 Å². The fraction of sp³-hybridized carbons (Fsp3) is 0.824. The first-order valence-electron chi connectivity index (χ1n) is 9.63. The number of aliphatic carboxylic acids is 1. The monoisotopic (exact) mass is 469 g/mol. The van der Waals surface area contributed by atoms with Gasteiger partial charge in [-0.25, -0.2) is 9.13 Å². The van der Waals surface area contributed by atoms with E-state index in [1.54, 1.807) is 19.0 Å². The first-order chi connectivity index (χ1) is 13.6. The molecule has 0 aromatic carbocycles. The van der Waals surface area contributed by atoms with Gasteiger partial charge in [0.15, 0.2) is 0 Å². The normalized spacial score (nSPS) is 38.8. The molecule has 1 heterocycles. The van der Waals surface area contributed by atoms with Crippen LogP contribution in [0.2, 0.25) is 0 Å². The van der Waals surface area contributed by atoms with Crippen molar-refractivity contribution in [1.82, 2.24) is 4.90 Å². The lowest BCUT2D eigenvalue weighted by Crippen LogP contribution is -2.45. The number of epoxide rings is 1. The van der Waals surface area contributed by atoms with Crippen molar-refractivity contribution in [2.45, 2.75) is 50.4 Å². The molecule has 2 fully saturated rings. The molecular weight excluding hydrogens is 440 g/mol. The van der Waals surface area contributed by atoms with E-state index in [1.807, 2.05) is 19.9 Å². The van der Waals surface area contributed by atoms with E-state index < -0.39 is 56.7 Å². The van der Waals surface area contributed by atoms with Crippen molar-refractivity contribution in [3.63, 3.8) is 0 Å². The highest BCUT2D eigenvalue weighted by Gasteiger charge is 2.75. The van der Waals surface area contributed by atoms with Gasteiger partial charge in [0.25, 0.3) is 0 Å². The summed E-state index contributed by atoms with van der Waals surface area (Å²) in [6.45, 7) is 3.90. The summed E-state index contributed by atoms with van der Waals surface area (Å²) in [5.74, 6) is -3.27. The zero-order valence-electron chi connectivity index (χ0n) is 17.3. The Balaban J connectivity index is 2.04. The second-order valence-corrected chi connectivity index (χ2v) is 11.7. The number of carboxylic acids is 1. The Morgan fingerprint density at radius 3 is 2.53 bits per heavy atom. The summed E-state index contributed by atoms with van der Waals surface area (Å²) >= 11 is 0. The van der Waals surface area contributed by atoms with Gasteiger partial charge in [-0.05, 0) is 47.2 Å². The molecule has 11 nitrogen and oxygen atoms in total. The Kier molecular flexibility index (Phi) is 6.22. The smallest absolute Gasteiger partial charge is 0.481 e. The molecule has 0 aromatic heterocycles. The van der Waals surface area contributed by atoms with Crippen LogP contribution in [0.3, 0.4) is 0 Å². The maximum absolute atomic E-state index is 12.5. The molecule has 0 aromatic rings. The molecule has 1 saturated carbocycles. The second-order valence-electron chi connectivity index (χ2n) is 8.87. The summed E-state index contributed by atoms with van der Waals surface area (Å²) in [4.78, 5) is 41.9. The summed E-state index contributed by atoms with van der Waals surface area (Å²) < 4.78 is 39.1. The van der Waals surface area contributed by atoms with Gasteiger partial charge in [0.2, 0.25) is 0 Å². The summed E-state index contributed by atoms with van der Waals surface area (Å²) in [6.07, 6.45) is 2.21. The molecule has 0 radical (unpaired) electrons. The average molecular weight is 469 g/mol. The van der Waals surface area contributed by atoms with E-state index in [9.17, 15) is 23.9 Å². The number of phosphoric ester groups is 1. The third-order valence-electron chi connectivity index (χ3n) is 6.55. The molecule has 1 saturated heterocycles. The highest BCUT2D eigenvalue weighted by molar-refractivity contribution is 7.60. The Labute approximate surface area is 174 Å². The van der Waals surface area contributed by atoms with E-state index in [4.69, 9.17) is 19.0 Å². The molecule has 4 N–H and O–H groups in total.